The first kappa shape index (κ1) is 26.5. The van der Waals surface area contributed by atoms with Crippen LogP contribution < -0.4 is 0 Å². The van der Waals surface area contributed by atoms with Gasteiger partial charge >= 0.3 is 5.97 Å². The Labute approximate surface area is 208 Å². The Hall–Kier alpha value is -0.610. The van der Waals surface area contributed by atoms with E-state index in [0.717, 1.165) is 32.1 Å². The van der Waals surface area contributed by atoms with E-state index < -0.39 is 5.60 Å². The molecular formula is C30H52O4. The summed E-state index contributed by atoms with van der Waals surface area (Å²) in [5.41, 5.74) is 0.0932. The number of rotatable bonds is 5. The van der Waals surface area contributed by atoms with Crippen LogP contribution in [0.1, 0.15) is 113 Å². The fraction of sp³-hybridized carbons (Fsp3) is 0.967. The highest BCUT2D eigenvalue weighted by atomic mass is 16.6. The van der Waals surface area contributed by atoms with E-state index in [2.05, 4.69) is 27.7 Å². The molecule has 0 bridgehead atoms. The number of hydrogen-bond donors (Lipinski definition) is 2. The summed E-state index contributed by atoms with van der Waals surface area (Å²) in [5.74, 6) is 3.35. The number of esters is 1. The Morgan fingerprint density at radius 1 is 1.00 bits per heavy atom. The number of aliphatic hydroxyl groups is 2. The molecule has 4 rings (SSSR count). The zero-order chi connectivity index (χ0) is 25.1. The van der Waals surface area contributed by atoms with Gasteiger partial charge in [0.2, 0.25) is 0 Å². The van der Waals surface area contributed by atoms with Crippen LogP contribution in [0.2, 0.25) is 0 Å². The fourth-order valence-electron chi connectivity index (χ4n) is 9.87. The van der Waals surface area contributed by atoms with Gasteiger partial charge in [-0.1, -0.05) is 34.1 Å². The number of ether oxygens (including phenoxy) is 1. The minimum absolute atomic E-state index is 0.0744. The van der Waals surface area contributed by atoms with Crippen LogP contribution in [0.3, 0.4) is 0 Å². The summed E-state index contributed by atoms with van der Waals surface area (Å²) in [6.07, 6.45) is 9.80. The summed E-state index contributed by atoms with van der Waals surface area (Å²) in [7, 11) is 0. The van der Waals surface area contributed by atoms with Gasteiger partial charge in [-0.25, -0.2) is 0 Å². The smallest absolute Gasteiger partial charge is 0.306 e. The van der Waals surface area contributed by atoms with Crippen LogP contribution in [0.15, 0.2) is 0 Å². The van der Waals surface area contributed by atoms with Crippen LogP contribution in [-0.2, 0) is 9.53 Å². The molecule has 4 heteroatoms. The fourth-order valence-corrected chi connectivity index (χ4v) is 9.87. The van der Waals surface area contributed by atoms with Crippen LogP contribution >= 0.6 is 0 Å². The van der Waals surface area contributed by atoms with Crippen LogP contribution in [-0.4, -0.2) is 34.0 Å². The average Bonchev–Trinajstić information content (AvgIpc) is 3.09. The second-order valence-electron chi connectivity index (χ2n) is 14.2. The van der Waals surface area contributed by atoms with E-state index in [0.29, 0.717) is 47.8 Å². The van der Waals surface area contributed by atoms with Gasteiger partial charge in [0.15, 0.2) is 0 Å². The van der Waals surface area contributed by atoms with Gasteiger partial charge in [-0.2, -0.15) is 0 Å². The van der Waals surface area contributed by atoms with Crippen molar-refractivity contribution in [2.45, 2.75) is 130 Å². The van der Waals surface area contributed by atoms with Crippen molar-refractivity contribution in [2.75, 3.05) is 0 Å². The van der Waals surface area contributed by atoms with Gasteiger partial charge in [0.25, 0.3) is 0 Å². The van der Waals surface area contributed by atoms with E-state index >= 15 is 0 Å². The normalized spacial score (nSPS) is 47.3. The number of carbonyl (C=O) groups excluding carboxylic acids is 1. The molecule has 0 amide bonds. The third-order valence-corrected chi connectivity index (χ3v) is 11.4. The van der Waals surface area contributed by atoms with Crippen molar-refractivity contribution in [3.8, 4) is 0 Å². The van der Waals surface area contributed by atoms with Gasteiger partial charge in [0.05, 0.1) is 12.2 Å². The second-order valence-corrected chi connectivity index (χ2v) is 14.2. The SMILES string of the molecule is CC[C@H]1[C@@H](O)[C@@H]2[C@H](CC[C@]3(C)[C@@H]([C@H](C)CCC(=O)OC(C)(C)C)CC[C@@H]23)[C@@]2(C)CC[C@@H](O)C[C@@H]12. The van der Waals surface area contributed by atoms with E-state index in [1.807, 2.05) is 20.8 Å². The Morgan fingerprint density at radius 2 is 1.65 bits per heavy atom. The molecule has 0 aliphatic heterocycles. The lowest BCUT2D eigenvalue weighted by molar-refractivity contribution is -0.203. The molecule has 0 unspecified atom stereocenters. The van der Waals surface area contributed by atoms with E-state index in [9.17, 15) is 15.0 Å². The molecule has 4 aliphatic carbocycles. The molecule has 0 radical (unpaired) electrons. The maximum absolute atomic E-state index is 12.4. The molecule has 196 valence electrons. The molecule has 4 fully saturated rings. The zero-order valence-corrected chi connectivity index (χ0v) is 23.0. The molecule has 11 atom stereocenters. The summed E-state index contributed by atoms with van der Waals surface area (Å²) >= 11 is 0. The highest BCUT2D eigenvalue weighted by Gasteiger charge is 2.64. The monoisotopic (exact) mass is 476 g/mol. The third kappa shape index (κ3) is 4.49. The van der Waals surface area contributed by atoms with E-state index in [-0.39, 0.29) is 29.0 Å². The minimum atomic E-state index is -0.417. The van der Waals surface area contributed by atoms with E-state index in [1.54, 1.807) is 0 Å². The number of aliphatic hydroxyl groups excluding tert-OH is 2. The Balaban J connectivity index is 1.51. The molecule has 0 aromatic heterocycles. The highest BCUT2D eigenvalue weighted by molar-refractivity contribution is 5.69. The maximum Gasteiger partial charge on any atom is 0.306 e. The first-order valence-electron chi connectivity index (χ1n) is 14.4. The molecular weight excluding hydrogens is 424 g/mol. The first-order valence-corrected chi connectivity index (χ1v) is 14.4. The Morgan fingerprint density at radius 3 is 2.29 bits per heavy atom. The molecule has 0 spiro atoms. The minimum Gasteiger partial charge on any atom is -0.460 e. The maximum atomic E-state index is 12.4. The van der Waals surface area contributed by atoms with Crippen LogP contribution in [0.25, 0.3) is 0 Å². The van der Waals surface area contributed by atoms with Crippen molar-refractivity contribution >= 4 is 5.97 Å². The highest BCUT2D eigenvalue weighted by Crippen LogP contribution is 2.69. The third-order valence-electron chi connectivity index (χ3n) is 11.4. The van der Waals surface area contributed by atoms with Gasteiger partial charge in [0.1, 0.15) is 5.60 Å². The molecule has 0 aromatic rings. The van der Waals surface area contributed by atoms with Crippen molar-refractivity contribution in [1.82, 2.24) is 0 Å². The van der Waals surface area contributed by atoms with Crippen molar-refractivity contribution in [1.29, 1.82) is 0 Å². The van der Waals surface area contributed by atoms with Gasteiger partial charge in [0, 0.05) is 6.42 Å². The zero-order valence-electron chi connectivity index (χ0n) is 23.0. The molecule has 2 N–H and O–H groups in total. The van der Waals surface area contributed by atoms with Gasteiger partial charge in [-0.05, 0) is 124 Å². The molecule has 34 heavy (non-hydrogen) atoms. The first-order chi connectivity index (χ1) is 15.8. The molecule has 0 heterocycles. The van der Waals surface area contributed by atoms with Crippen molar-refractivity contribution in [3.05, 3.63) is 0 Å². The molecule has 4 aliphatic rings. The van der Waals surface area contributed by atoms with Crippen molar-refractivity contribution in [2.24, 2.45) is 52.3 Å². The van der Waals surface area contributed by atoms with Gasteiger partial charge in [-0.15, -0.1) is 0 Å². The van der Waals surface area contributed by atoms with Crippen LogP contribution in [0, 0.1) is 52.3 Å². The topological polar surface area (TPSA) is 66.8 Å². The number of hydrogen-bond acceptors (Lipinski definition) is 4. The summed E-state index contributed by atoms with van der Waals surface area (Å²) in [6, 6.07) is 0. The lowest BCUT2D eigenvalue weighted by Crippen LogP contribution is -2.62. The summed E-state index contributed by atoms with van der Waals surface area (Å²) in [5, 5.41) is 22.3. The summed E-state index contributed by atoms with van der Waals surface area (Å²) in [4.78, 5) is 12.4. The molecule has 0 saturated heterocycles. The predicted octanol–water partition coefficient (Wildman–Crippen LogP) is 6.37. The Kier molecular flexibility index (Phi) is 7.28. The lowest BCUT2D eigenvalue weighted by Gasteiger charge is -2.64. The quantitative estimate of drug-likeness (QED) is 0.452. The molecule has 4 nitrogen and oxygen atoms in total. The van der Waals surface area contributed by atoms with Crippen LogP contribution in [0.5, 0.6) is 0 Å². The van der Waals surface area contributed by atoms with Crippen molar-refractivity contribution in [3.63, 3.8) is 0 Å². The molecule has 0 aromatic carbocycles. The van der Waals surface area contributed by atoms with Gasteiger partial charge in [-0.3, -0.25) is 4.79 Å². The molecule has 4 saturated carbocycles. The Bertz CT molecular complexity index is 743. The second kappa shape index (κ2) is 9.36. The number of fused-ring (bicyclic) bond motifs is 5. The van der Waals surface area contributed by atoms with Crippen LogP contribution in [0.4, 0.5) is 0 Å². The lowest BCUT2D eigenvalue weighted by atomic mass is 9.41. The predicted molar refractivity (Wildman–Crippen MR) is 136 cm³/mol. The van der Waals surface area contributed by atoms with Crippen molar-refractivity contribution < 1.29 is 19.7 Å². The van der Waals surface area contributed by atoms with E-state index in [4.69, 9.17) is 4.74 Å². The average molecular weight is 477 g/mol. The summed E-state index contributed by atoms with van der Waals surface area (Å²) in [6.45, 7) is 15.4. The van der Waals surface area contributed by atoms with E-state index in [1.165, 1.54) is 25.7 Å². The largest absolute Gasteiger partial charge is 0.460 e. The van der Waals surface area contributed by atoms with Gasteiger partial charge < -0.3 is 14.9 Å². The standard InChI is InChI=1S/C30H52O4/c1-8-20-24-17-19(31)13-15-30(24,7)23-14-16-29(6)21(10-11-22(29)26(23)27(20)33)18(2)9-12-25(32)34-28(3,4)5/h18-24,26-27,31,33H,8-17H2,1-7H3/t18-,19-,20-,21-,22+,23+,24+,26+,27-,29-,30-/m1/s1. The summed E-state index contributed by atoms with van der Waals surface area (Å²) < 4.78 is 5.57. The number of carbonyl (C=O) groups is 1.